The first-order chi connectivity index (χ1) is 48.6. The molecule has 0 aliphatic carbocycles. The summed E-state index contributed by atoms with van der Waals surface area (Å²) in [6.45, 7) is 0. The summed E-state index contributed by atoms with van der Waals surface area (Å²) in [4.78, 5) is 34.5. The Morgan fingerprint density at radius 1 is 0.163 bits per heavy atom. The molecule has 0 spiro atoms. The van der Waals surface area contributed by atoms with Gasteiger partial charge in [-0.15, -0.1) is 0 Å². The zero-order valence-corrected chi connectivity index (χ0v) is 51.2. The number of hydrogen-bond acceptors (Lipinski definition) is 6. The molecule has 0 unspecified atom stereocenters. The topological polar surface area (TPSA) is 109 Å². The van der Waals surface area contributed by atoms with E-state index >= 15 is 0 Å². The highest BCUT2D eigenvalue weighted by atomic mass is 19.4. The molecule has 13 rings (SSSR count). The van der Waals surface area contributed by atoms with Crippen molar-refractivity contribution in [1.29, 1.82) is 0 Å². The van der Waals surface area contributed by atoms with Crippen LogP contribution in [-0.2, 0) is 49.4 Å². The minimum absolute atomic E-state index is 0.312. The van der Waals surface area contributed by atoms with Crippen molar-refractivity contribution in [2.75, 3.05) is 0 Å². The number of aromatic amines is 2. The summed E-state index contributed by atoms with van der Waals surface area (Å²) in [6.07, 6.45) is -40.4. The molecule has 0 amide bonds. The number of benzene rings is 8. The number of nitrogens with one attached hydrogen (secondary N) is 2. The Morgan fingerprint density at radius 3 is 0.413 bits per heavy atom. The van der Waals surface area contributed by atoms with E-state index in [1.807, 2.05) is 0 Å². The molecule has 0 saturated carbocycles. The lowest BCUT2D eigenvalue weighted by Gasteiger charge is -2.13. The van der Waals surface area contributed by atoms with Crippen LogP contribution >= 0.6 is 0 Å². The smallest absolute Gasteiger partial charge is 0.324 e. The molecule has 8 nitrogen and oxygen atoms in total. The number of alkyl halides is 24. The standard InChI is InChI=1S/C72H34F24N8/c73-65(74,75)41-17-1-33(2-18-41)49-50(34-3-19-42(20-4-34)66(76,77)78)58-97-57(49)101-59-51(35-5-21-43(22-6-35)67(79,80)81)52(36-7-23-44(24-8-36)68(82,83)84)61(98-59)103-63-55(39-13-29-47(30-14-39)71(91,92)93)56(40-15-31-48(32-16-40)72(94,95)96)64(100-63)104-62-54(38-11-27-46(28-12-38)70(88,89)90)53(60(99-62)102-58)37-9-25-45(26-10-37)69(85,86)87/h1-32H,(H2,97,98,99,100,101,102,103,104). The third kappa shape index (κ3) is 13.9. The lowest BCUT2D eigenvalue weighted by atomic mass is 9.93. The summed E-state index contributed by atoms with van der Waals surface area (Å²) in [6, 6.07) is 22.7. The summed E-state index contributed by atoms with van der Waals surface area (Å²) < 4.78 is 347. The molecular weight excluding hydrogens is 1430 g/mol. The van der Waals surface area contributed by atoms with Crippen molar-refractivity contribution in [3.63, 3.8) is 0 Å². The molecule has 8 aromatic carbocycles. The summed E-state index contributed by atoms with van der Waals surface area (Å²) in [7, 11) is 0. The first kappa shape index (κ1) is 70.8. The average Bonchev–Trinajstić information content (AvgIpc) is 1.58. The van der Waals surface area contributed by atoms with E-state index in [0.29, 0.717) is 97.1 Å². The van der Waals surface area contributed by atoms with Crippen LogP contribution in [0.3, 0.4) is 0 Å². The molecular formula is C72H34F24N8. The van der Waals surface area contributed by atoms with Crippen LogP contribution in [0.15, 0.2) is 194 Å². The van der Waals surface area contributed by atoms with Crippen molar-refractivity contribution in [3.8, 4) is 44.5 Å². The molecule has 2 aliphatic rings. The first-order valence-electron chi connectivity index (χ1n) is 29.8. The van der Waals surface area contributed by atoms with Crippen molar-refractivity contribution in [3.05, 3.63) is 284 Å². The van der Waals surface area contributed by atoms with Gasteiger partial charge in [0.15, 0.2) is 23.3 Å². The average molecular weight is 1470 g/mol. The maximum Gasteiger partial charge on any atom is 0.416 e. The molecule has 0 radical (unpaired) electrons. The van der Waals surface area contributed by atoms with Crippen molar-refractivity contribution >= 4 is 44.9 Å². The normalized spacial score (nSPS) is 13.7. The van der Waals surface area contributed by atoms with Crippen LogP contribution in [-0.4, -0.2) is 39.9 Å². The predicted molar refractivity (Wildman–Crippen MR) is 330 cm³/mol. The SMILES string of the molecule is FC(F)(F)c1ccc(C2=C(c3ccc(C(F)(F)F)cc3)c3nc2nc2[nH]c(nc4nc(nc5[nH]c(n3)c(-c3ccc(C(F)(F)F)cc3)c5-c3ccc(C(F)(F)F)cc3)C(c3ccc(C(F)(F)F)cc3)=C4c3ccc(C(F)(F)F)cc3)c(-c3ccc(C(F)(F)F)cc3)c2-c2ccc(C(F)(F)F)cc2)cc1. The Labute approximate surface area is 566 Å². The van der Waals surface area contributed by atoms with Crippen LogP contribution in [0.5, 0.6) is 0 Å². The Morgan fingerprint density at radius 2 is 0.288 bits per heavy atom. The van der Waals surface area contributed by atoms with Gasteiger partial charge in [-0.25, -0.2) is 29.9 Å². The predicted octanol–water partition coefficient (Wildman–Crippen LogP) is 22.7. The van der Waals surface area contributed by atoms with Crippen LogP contribution in [0.25, 0.3) is 89.4 Å². The fraction of sp³-hybridized carbons (Fsp3) is 0.111. The third-order valence-corrected chi connectivity index (χ3v) is 16.6. The molecule has 3 aromatic heterocycles. The number of H-pyrrole nitrogens is 2. The zero-order valence-electron chi connectivity index (χ0n) is 51.2. The van der Waals surface area contributed by atoms with E-state index in [1.54, 1.807) is 0 Å². The second kappa shape index (κ2) is 25.1. The van der Waals surface area contributed by atoms with Crippen LogP contribution in [0, 0.1) is 0 Å². The van der Waals surface area contributed by atoms with E-state index in [9.17, 15) is 105 Å². The fourth-order valence-corrected chi connectivity index (χ4v) is 11.7. The molecule has 530 valence electrons. The largest absolute Gasteiger partial charge is 0.416 e. The fourth-order valence-electron chi connectivity index (χ4n) is 11.7. The van der Waals surface area contributed by atoms with Gasteiger partial charge in [0.2, 0.25) is 0 Å². The second-order valence-electron chi connectivity index (χ2n) is 23.2. The highest BCUT2D eigenvalue weighted by Gasteiger charge is 2.40. The van der Waals surface area contributed by atoms with Gasteiger partial charge in [0.05, 0.1) is 44.5 Å². The third-order valence-electron chi connectivity index (χ3n) is 16.6. The number of hydrogen-bond donors (Lipinski definition) is 2. The van der Waals surface area contributed by atoms with E-state index in [2.05, 4.69) is 9.97 Å². The quantitative estimate of drug-likeness (QED) is 0.147. The molecule has 2 aliphatic heterocycles. The highest BCUT2D eigenvalue weighted by molar-refractivity contribution is 6.08. The van der Waals surface area contributed by atoms with Gasteiger partial charge in [0.25, 0.3) is 0 Å². The van der Waals surface area contributed by atoms with Gasteiger partial charge in [-0.1, -0.05) is 97.1 Å². The number of aromatic nitrogens is 8. The van der Waals surface area contributed by atoms with E-state index in [1.165, 1.54) is 0 Å². The molecule has 0 fully saturated rings. The zero-order chi connectivity index (χ0) is 74.8. The lowest BCUT2D eigenvalue weighted by Crippen LogP contribution is -2.05. The first-order valence-corrected chi connectivity index (χ1v) is 29.8. The molecule has 2 N–H and O–H groups in total. The maximum absolute atomic E-state index is 14.5. The molecule has 8 bridgehead atoms. The van der Waals surface area contributed by atoms with Crippen molar-refractivity contribution < 1.29 is 105 Å². The molecule has 32 heteroatoms. The molecule has 104 heavy (non-hydrogen) atoms. The summed E-state index contributed by atoms with van der Waals surface area (Å²) in [5.41, 5.74) is -18.9. The van der Waals surface area contributed by atoms with Gasteiger partial charge < -0.3 is 9.97 Å². The number of fused-ring (bicyclic) bond motifs is 8. The number of rotatable bonds is 8. The second-order valence-corrected chi connectivity index (χ2v) is 23.2. The lowest BCUT2D eigenvalue weighted by molar-refractivity contribution is -0.138. The Balaban J connectivity index is 1.30. The van der Waals surface area contributed by atoms with Crippen molar-refractivity contribution in [2.24, 2.45) is 0 Å². The van der Waals surface area contributed by atoms with Gasteiger partial charge >= 0.3 is 49.4 Å². The van der Waals surface area contributed by atoms with Gasteiger partial charge in [0.1, 0.15) is 22.6 Å². The van der Waals surface area contributed by atoms with Crippen molar-refractivity contribution in [2.45, 2.75) is 49.4 Å². The van der Waals surface area contributed by atoms with Crippen LogP contribution in [0.1, 0.15) is 90.1 Å². The van der Waals surface area contributed by atoms with Gasteiger partial charge in [-0.2, -0.15) is 105 Å². The van der Waals surface area contributed by atoms with Crippen molar-refractivity contribution in [1.82, 2.24) is 39.9 Å². The van der Waals surface area contributed by atoms with E-state index in [0.717, 1.165) is 97.1 Å². The molecule has 5 heterocycles. The Kier molecular flexibility index (Phi) is 17.1. The minimum Gasteiger partial charge on any atom is -0.324 e. The monoisotopic (exact) mass is 1470 g/mol. The van der Waals surface area contributed by atoms with E-state index < -0.39 is 184 Å². The molecule has 0 saturated heterocycles. The Hall–Kier alpha value is -11.6. The van der Waals surface area contributed by atoms with E-state index in [4.69, 9.17) is 29.9 Å². The van der Waals surface area contributed by atoms with Crippen LogP contribution < -0.4 is 0 Å². The van der Waals surface area contributed by atoms with Crippen LogP contribution in [0.2, 0.25) is 0 Å². The van der Waals surface area contributed by atoms with Crippen LogP contribution in [0.4, 0.5) is 105 Å². The summed E-state index contributed by atoms with van der Waals surface area (Å²) in [5, 5.41) is 0. The number of halogens is 24. The Bertz CT molecular complexity index is 4720. The van der Waals surface area contributed by atoms with Gasteiger partial charge in [-0.3, -0.25) is 0 Å². The molecule has 0 atom stereocenters. The number of nitrogens with zero attached hydrogens (tertiary/aromatic N) is 6. The highest BCUT2D eigenvalue weighted by Crippen LogP contribution is 2.49. The minimum atomic E-state index is -5.05. The summed E-state index contributed by atoms with van der Waals surface area (Å²) >= 11 is 0. The maximum atomic E-state index is 14.5. The van der Waals surface area contributed by atoms with E-state index in [-0.39, 0.29) is 44.5 Å². The van der Waals surface area contributed by atoms with Gasteiger partial charge in [-0.05, 0) is 142 Å². The van der Waals surface area contributed by atoms with Gasteiger partial charge in [0, 0.05) is 44.5 Å². The summed E-state index contributed by atoms with van der Waals surface area (Å²) in [5.74, 6) is -2.93. The molecule has 11 aromatic rings.